The third-order valence-electron chi connectivity index (χ3n) is 2.32. The monoisotopic (exact) mass is 264 g/mol. The molecule has 0 unspecified atom stereocenters. The van der Waals surface area contributed by atoms with Gasteiger partial charge in [-0.3, -0.25) is 14.4 Å². The summed E-state index contributed by atoms with van der Waals surface area (Å²) in [7, 11) is 0. The van der Waals surface area contributed by atoms with Crippen LogP contribution in [0.1, 0.15) is 11.6 Å². The first-order valence-corrected chi connectivity index (χ1v) is 5.65. The first kappa shape index (κ1) is 14.7. The van der Waals surface area contributed by atoms with Crippen LogP contribution in [0.4, 0.5) is 0 Å². The van der Waals surface area contributed by atoms with Crippen LogP contribution < -0.4 is 22.1 Å². The highest BCUT2D eigenvalue weighted by atomic mass is 16.2. The van der Waals surface area contributed by atoms with E-state index in [0.717, 1.165) is 0 Å². The van der Waals surface area contributed by atoms with Crippen molar-refractivity contribution >= 4 is 17.7 Å². The van der Waals surface area contributed by atoms with E-state index in [-0.39, 0.29) is 13.1 Å². The van der Waals surface area contributed by atoms with Crippen LogP contribution in [0.5, 0.6) is 0 Å². The molecule has 0 aliphatic rings. The molecule has 3 amide bonds. The van der Waals surface area contributed by atoms with Crippen molar-refractivity contribution in [2.75, 3.05) is 13.1 Å². The number of carbonyl (C=O) groups is 3. The molecule has 0 heterocycles. The zero-order chi connectivity index (χ0) is 14.3. The minimum atomic E-state index is -0.906. The van der Waals surface area contributed by atoms with Gasteiger partial charge in [-0.2, -0.15) is 0 Å². The Balaban J connectivity index is 2.83. The Bertz CT molecular complexity index is 461. The zero-order valence-electron chi connectivity index (χ0n) is 10.3. The van der Waals surface area contributed by atoms with Gasteiger partial charge in [0.15, 0.2) is 0 Å². The molecule has 0 fully saturated rings. The highest BCUT2D eigenvalue weighted by Gasteiger charge is 2.22. The molecule has 0 bridgehead atoms. The average Bonchev–Trinajstić information content (AvgIpc) is 2.42. The Labute approximate surface area is 110 Å². The maximum Gasteiger partial charge on any atom is 0.247 e. The first-order valence-electron chi connectivity index (χ1n) is 5.65. The molecule has 102 valence electrons. The molecular weight excluding hydrogens is 248 g/mol. The second kappa shape index (κ2) is 7.12. The van der Waals surface area contributed by atoms with Gasteiger partial charge in [-0.25, -0.2) is 0 Å². The number of hydrogen-bond acceptors (Lipinski definition) is 4. The van der Waals surface area contributed by atoms with Gasteiger partial charge in [-0.15, -0.1) is 0 Å². The number of hydrogen-bond donors (Lipinski definition) is 4. The van der Waals surface area contributed by atoms with Crippen molar-refractivity contribution in [2.24, 2.45) is 11.5 Å². The molecule has 0 radical (unpaired) electrons. The van der Waals surface area contributed by atoms with Crippen LogP contribution in [0, 0.1) is 0 Å². The van der Waals surface area contributed by atoms with Gasteiger partial charge in [0.05, 0.1) is 13.1 Å². The molecule has 1 aromatic rings. The molecular formula is C12H16N4O3. The van der Waals surface area contributed by atoms with E-state index in [4.69, 9.17) is 11.5 Å². The van der Waals surface area contributed by atoms with Gasteiger partial charge in [0, 0.05) is 0 Å². The van der Waals surface area contributed by atoms with E-state index in [1.807, 2.05) is 0 Å². The summed E-state index contributed by atoms with van der Waals surface area (Å²) in [6.07, 6.45) is 0. The normalized spacial score (nSPS) is 11.4. The lowest BCUT2D eigenvalue weighted by Gasteiger charge is -2.18. The van der Waals surface area contributed by atoms with E-state index in [1.54, 1.807) is 30.3 Å². The summed E-state index contributed by atoms with van der Waals surface area (Å²) < 4.78 is 0. The molecule has 19 heavy (non-hydrogen) atoms. The zero-order valence-corrected chi connectivity index (χ0v) is 10.3. The predicted octanol–water partition coefficient (Wildman–Crippen LogP) is -1.60. The van der Waals surface area contributed by atoms with E-state index in [0.29, 0.717) is 5.56 Å². The van der Waals surface area contributed by atoms with Crippen molar-refractivity contribution in [3.8, 4) is 0 Å². The van der Waals surface area contributed by atoms with Crippen molar-refractivity contribution < 1.29 is 14.4 Å². The number of rotatable bonds is 6. The summed E-state index contributed by atoms with van der Waals surface area (Å²) in [5, 5.41) is 4.82. The van der Waals surface area contributed by atoms with Gasteiger partial charge in [0.1, 0.15) is 6.04 Å². The lowest BCUT2D eigenvalue weighted by Crippen LogP contribution is -2.44. The van der Waals surface area contributed by atoms with Crippen molar-refractivity contribution in [1.29, 1.82) is 0 Å². The fourth-order valence-electron chi connectivity index (χ4n) is 1.44. The molecule has 1 aromatic carbocycles. The van der Waals surface area contributed by atoms with Crippen LogP contribution in [0.3, 0.4) is 0 Å². The Kier molecular flexibility index (Phi) is 5.49. The standard InChI is InChI=1S/C12H16N4O3/c13-6-10(18)16-11(8-4-2-1-3-5-8)12(19)15-7-9(14)17/h1-5,11H,6-7,13H2,(H2,14,17)(H,15,19)(H,16,18)/t11-/m0/s1. The summed E-state index contributed by atoms with van der Waals surface area (Å²) in [5.74, 6) is -1.65. The Morgan fingerprint density at radius 2 is 1.79 bits per heavy atom. The minimum Gasteiger partial charge on any atom is -0.368 e. The van der Waals surface area contributed by atoms with Crippen LogP contribution in [-0.4, -0.2) is 30.8 Å². The molecule has 1 atom stereocenters. The van der Waals surface area contributed by atoms with E-state index < -0.39 is 23.8 Å². The number of primary amides is 1. The van der Waals surface area contributed by atoms with E-state index in [2.05, 4.69) is 10.6 Å². The number of amides is 3. The molecule has 6 N–H and O–H groups in total. The summed E-state index contributed by atoms with van der Waals surface area (Å²) in [4.78, 5) is 33.9. The second-order valence-corrected chi connectivity index (χ2v) is 3.80. The summed E-state index contributed by atoms with van der Waals surface area (Å²) in [6.45, 7) is -0.521. The van der Waals surface area contributed by atoms with Crippen LogP contribution in [-0.2, 0) is 14.4 Å². The minimum absolute atomic E-state index is 0.230. The highest BCUT2D eigenvalue weighted by molar-refractivity contribution is 5.91. The maximum absolute atomic E-state index is 11.9. The number of nitrogens with one attached hydrogen (secondary N) is 2. The smallest absolute Gasteiger partial charge is 0.247 e. The average molecular weight is 264 g/mol. The van der Waals surface area contributed by atoms with Crippen LogP contribution in [0.25, 0.3) is 0 Å². The van der Waals surface area contributed by atoms with Gasteiger partial charge in [0.2, 0.25) is 17.7 Å². The first-order chi connectivity index (χ1) is 9.04. The van der Waals surface area contributed by atoms with E-state index in [9.17, 15) is 14.4 Å². The van der Waals surface area contributed by atoms with Gasteiger partial charge in [0.25, 0.3) is 0 Å². The molecule has 0 aliphatic carbocycles. The predicted molar refractivity (Wildman–Crippen MR) is 68.6 cm³/mol. The molecule has 0 aromatic heterocycles. The number of carbonyl (C=O) groups excluding carboxylic acids is 3. The molecule has 0 aliphatic heterocycles. The quantitative estimate of drug-likeness (QED) is 0.493. The maximum atomic E-state index is 11.9. The topological polar surface area (TPSA) is 127 Å². The number of nitrogens with two attached hydrogens (primary N) is 2. The van der Waals surface area contributed by atoms with Gasteiger partial charge < -0.3 is 22.1 Å². The lowest BCUT2D eigenvalue weighted by atomic mass is 10.1. The summed E-state index contributed by atoms with van der Waals surface area (Å²) in [6, 6.07) is 7.72. The molecule has 0 saturated carbocycles. The molecule has 0 spiro atoms. The Morgan fingerprint density at radius 3 is 2.32 bits per heavy atom. The van der Waals surface area contributed by atoms with Crippen LogP contribution in [0.15, 0.2) is 30.3 Å². The Hall–Kier alpha value is -2.41. The molecule has 0 saturated heterocycles. The third-order valence-corrected chi connectivity index (χ3v) is 2.32. The highest BCUT2D eigenvalue weighted by Crippen LogP contribution is 2.12. The van der Waals surface area contributed by atoms with E-state index >= 15 is 0 Å². The third kappa shape index (κ3) is 4.76. The SMILES string of the molecule is NCC(=O)N[C@H](C(=O)NCC(N)=O)c1ccccc1. The Morgan fingerprint density at radius 1 is 1.16 bits per heavy atom. The number of benzene rings is 1. The van der Waals surface area contributed by atoms with Crippen molar-refractivity contribution in [1.82, 2.24) is 10.6 Å². The van der Waals surface area contributed by atoms with Crippen LogP contribution in [0.2, 0.25) is 0 Å². The second-order valence-electron chi connectivity index (χ2n) is 3.80. The van der Waals surface area contributed by atoms with Crippen molar-refractivity contribution in [3.05, 3.63) is 35.9 Å². The largest absolute Gasteiger partial charge is 0.368 e. The van der Waals surface area contributed by atoms with Crippen molar-refractivity contribution in [3.63, 3.8) is 0 Å². The fourth-order valence-corrected chi connectivity index (χ4v) is 1.44. The molecule has 1 rings (SSSR count). The molecule has 7 heteroatoms. The van der Waals surface area contributed by atoms with E-state index in [1.165, 1.54) is 0 Å². The van der Waals surface area contributed by atoms with Gasteiger partial charge in [-0.05, 0) is 5.56 Å². The summed E-state index contributed by atoms with van der Waals surface area (Å²) in [5.41, 5.74) is 10.7. The van der Waals surface area contributed by atoms with Crippen molar-refractivity contribution in [2.45, 2.75) is 6.04 Å². The molecule has 7 nitrogen and oxygen atoms in total. The fraction of sp³-hybridized carbons (Fsp3) is 0.250. The summed E-state index contributed by atoms with van der Waals surface area (Å²) >= 11 is 0. The van der Waals surface area contributed by atoms with Gasteiger partial charge >= 0.3 is 0 Å². The van der Waals surface area contributed by atoms with Crippen LogP contribution >= 0.6 is 0 Å². The van der Waals surface area contributed by atoms with Gasteiger partial charge in [-0.1, -0.05) is 30.3 Å². The lowest BCUT2D eigenvalue weighted by molar-refractivity contribution is -0.129.